The zero-order valence-electron chi connectivity index (χ0n) is 21.5. The Bertz CT molecular complexity index is 1410. The van der Waals surface area contributed by atoms with E-state index in [-0.39, 0.29) is 34.6 Å². The van der Waals surface area contributed by atoms with Gasteiger partial charge in [0.25, 0.3) is 5.91 Å². The van der Waals surface area contributed by atoms with E-state index in [2.05, 4.69) is 26.1 Å². The molecule has 0 unspecified atom stereocenters. The molecule has 1 N–H and O–H groups in total. The number of benzene rings is 3. The maximum absolute atomic E-state index is 12.6. The van der Waals surface area contributed by atoms with Crippen LogP contribution in [0.15, 0.2) is 72.3 Å². The number of ether oxygens (including phenoxy) is 2. The summed E-state index contributed by atoms with van der Waals surface area (Å²) in [5.74, 6) is -0.729. The molecule has 0 aliphatic heterocycles. The molecule has 9 nitrogen and oxygen atoms in total. The summed E-state index contributed by atoms with van der Waals surface area (Å²) < 4.78 is 10.7. The average Bonchev–Trinajstić information content (AvgIpc) is 2.88. The van der Waals surface area contributed by atoms with Crippen LogP contribution >= 0.6 is 0 Å². The second-order valence-corrected chi connectivity index (χ2v) is 9.28. The molecule has 0 saturated carbocycles. The van der Waals surface area contributed by atoms with Crippen molar-refractivity contribution in [3.8, 4) is 17.6 Å². The topological polar surface area (TPSA) is 132 Å². The van der Waals surface area contributed by atoms with Crippen LogP contribution in [-0.4, -0.2) is 23.4 Å². The summed E-state index contributed by atoms with van der Waals surface area (Å²) in [4.78, 5) is 35.5. The van der Waals surface area contributed by atoms with Gasteiger partial charge in [0, 0.05) is 11.8 Å². The van der Waals surface area contributed by atoms with Gasteiger partial charge in [0.2, 0.25) is 5.75 Å². The van der Waals surface area contributed by atoms with E-state index >= 15 is 0 Å². The molecule has 0 heterocycles. The number of anilines is 1. The van der Waals surface area contributed by atoms with Crippen LogP contribution < -0.4 is 10.1 Å². The van der Waals surface area contributed by atoms with Gasteiger partial charge in [-0.15, -0.1) is 0 Å². The van der Waals surface area contributed by atoms with Crippen molar-refractivity contribution in [3.63, 3.8) is 0 Å². The number of nitrogens with zero attached hydrogens (tertiary/aromatic N) is 2. The van der Waals surface area contributed by atoms with Gasteiger partial charge in [0.1, 0.15) is 17.4 Å². The van der Waals surface area contributed by atoms with Crippen molar-refractivity contribution in [2.75, 3.05) is 11.9 Å². The van der Waals surface area contributed by atoms with E-state index in [9.17, 15) is 25.0 Å². The molecule has 0 aliphatic carbocycles. The zero-order chi connectivity index (χ0) is 27.9. The molecule has 0 bridgehead atoms. The van der Waals surface area contributed by atoms with Gasteiger partial charge in [0.05, 0.1) is 17.1 Å². The first kappa shape index (κ1) is 27.6. The van der Waals surface area contributed by atoms with Crippen molar-refractivity contribution in [3.05, 3.63) is 99.1 Å². The minimum Gasteiger partial charge on any atom is -0.462 e. The molecule has 0 atom stereocenters. The lowest BCUT2D eigenvalue weighted by molar-refractivity contribution is -0.385. The number of carbonyl (C=O) groups is 2. The van der Waals surface area contributed by atoms with E-state index in [0.717, 1.165) is 5.56 Å². The zero-order valence-corrected chi connectivity index (χ0v) is 21.5. The highest BCUT2D eigenvalue weighted by molar-refractivity contribution is 6.09. The van der Waals surface area contributed by atoms with Crippen LogP contribution in [0.25, 0.3) is 6.08 Å². The lowest BCUT2D eigenvalue weighted by Gasteiger charge is -2.19. The van der Waals surface area contributed by atoms with Gasteiger partial charge in [-0.2, -0.15) is 5.26 Å². The summed E-state index contributed by atoms with van der Waals surface area (Å²) in [6.07, 6.45) is 1.25. The lowest BCUT2D eigenvalue weighted by atomic mass is 9.87. The van der Waals surface area contributed by atoms with Gasteiger partial charge in [-0.05, 0) is 72.0 Å². The van der Waals surface area contributed by atoms with Gasteiger partial charge >= 0.3 is 11.7 Å². The Hall–Kier alpha value is -4.97. The van der Waals surface area contributed by atoms with Gasteiger partial charge < -0.3 is 14.8 Å². The van der Waals surface area contributed by atoms with E-state index < -0.39 is 16.8 Å². The molecule has 0 radical (unpaired) electrons. The molecule has 1 amide bonds. The monoisotopic (exact) mass is 513 g/mol. The Kier molecular flexibility index (Phi) is 8.61. The Morgan fingerprint density at radius 1 is 1.05 bits per heavy atom. The summed E-state index contributed by atoms with van der Waals surface area (Å²) in [6.45, 7) is 8.18. The van der Waals surface area contributed by atoms with E-state index in [1.807, 2.05) is 18.2 Å². The number of rotatable bonds is 8. The van der Waals surface area contributed by atoms with Crippen LogP contribution in [0, 0.1) is 21.4 Å². The molecule has 38 heavy (non-hydrogen) atoms. The van der Waals surface area contributed by atoms with Crippen molar-refractivity contribution < 1.29 is 24.0 Å². The maximum Gasteiger partial charge on any atom is 0.338 e. The minimum atomic E-state index is -0.710. The number of nitrogens with one attached hydrogen (secondary N) is 1. The Morgan fingerprint density at radius 2 is 1.71 bits per heavy atom. The first-order valence-electron chi connectivity index (χ1n) is 11.8. The largest absolute Gasteiger partial charge is 0.462 e. The molecule has 3 aromatic rings. The summed E-state index contributed by atoms with van der Waals surface area (Å²) in [5, 5.41) is 23.8. The fraction of sp³-hybridized carbons (Fsp3) is 0.207. The second kappa shape index (κ2) is 11.8. The predicted molar refractivity (Wildman–Crippen MR) is 143 cm³/mol. The van der Waals surface area contributed by atoms with Crippen LogP contribution in [0.1, 0.15) is 49.2 Å². The molecule has 3 aromatic carbocycles. The smallest absolute Gasteiger partial charge is 0.338 e. The fourth-order valence-electron chi connectivity index (χ4n) is 3.42. The number of esters is 1. The Balaban J connectivity index is 1.79. The van der Waals surface area contributed by atoms with Crippen LogP contribution in [-0.2, 0) is 14.9 Å². The number of amides is 1. The summed E-state index contributed by atoms with van der Waals surface area (Å²) in [5.41, 5.74) is 1.42. The molecule has 0 aromatic heterocycles. The summed E-state index contributed by atoms with van der Waals surface area (Å²) >= 11 is 0. The van der Waals surface area contributed by atoms with E-state index in [1.54, 1.807) is 19.1 Å². The highest BCUT2D eigenvalue weighted by Crippen LogP contribution is 2.34. The van der Waals surface area contributed by atoms with Crippen molar-refractivity contribution in [1.29, 1.82) is 5.26 Å². The van der Waals surface area contributed by atoms with Gasteiger partial charge in [-0.25, -0.2) is 4.79 Å². The molecular weight excluding hydrogens is 486 g/mol. The Morgan fingerprint density at radius 3 is 2.26 bits per heavy atom. The molecule has 9 heteroatoms. The van der Waals surface area contributed by atoms with Gasteiger partial charge in [0.15, 0.2) is 0 Å². The summed E-state index contributed by atoms with van der Waals surface area (Å²) in [6, 6.07) is 19.3. The third kappa shape index (κ3) is 7.04. The quantitative estimate of drug-likeness (QED) is 0.121. The number of nitro groups is 1. The number of carbonyl (C=O) groups excluding carboxylic acids is 2. The van der Waals surface area contributed by atoms with E-state index in [4.69, 9.17) is 9.47 Å². The average molecular weight is 514 g/mol. The molecule has 0 fully saturated rings. The third-order valence-corrected chi connectivity index (χ3v) is 5.46. The first-order chi connectivity index (χ1) is 18.0. The second-order valence-electron chi connectivity index (χ2n) is 9.28. The van der Waals surface area contributed by atoms with Crippen molar-refractivity contribution in [1.82, 2.24) is 0 Å². The molecule has 194 valence electrons. The molecule has 0 aliphatic rings. The maximum atomic E-state index is 12.6. The minimum absolute atomic E-state index is 0.0281. The number of hydrogen-bond donors (Lipinski definition) is 1. The highest BCUT2D eigenvalue weighted by Gasteiger charge is 2.19. The number of hydrogen-bond acceptors (Lipinski definition) is 7. The van der Waals surface area contributed by atoms with Gasteiger partial charge in [-0.3, -0.25) is 14.9 Å². The number of nitriles is 1. The van der Waals surface area contributed by atoms with Crippen LogP contribution in [0.5, 0.6) is 11.5 Å². The predicted octanol–water partition coefficient (Wildman–Crippen LogP) is 6.41. The SMILES string of the molecule is CCOC(=O)c1ccc(NC(=O)/C(C#N)=C/c2ccc(Oc3ccc(C(C)(C)C)cc3)c([N+](=O)[O-])c2)cc1. The van der Waals surface area contributed by atoms with E-state index in [0.29, 0.717) is 17.0 Å². The molecule has 0 spiro atoms. The van der Waals surface area contributed by atoms with Crippen molar-refractivity contribution >= 4 is 29.3 Å². The summed E-state index contributed by atoms with van der Waals surface area (Å²) in [7, 11) is 0. The van der Waals surface area contributed by atoms with E-state index in [1.165, 1.54) is 48.5 Å². The molecule has 0 saturated heterocycles. The number of nitro benzene ring substituents is 1. The van der Waals surface area contributed by atoms with Crippen LogP contribution in [0.3, 0.4) is 0 Å². The van der Waals surface area contributed by atoms with Gasteiger partial charge in [-0.1, -0.05) is 39.0 Å². The fourth-order valence-corrected chi connectivity index (χ4v) is 3.42. The van der Waals surface area contributed by atoms with Crippen molar-refractivity contribution in [2.45, 2.75) is 33.1 Å². The standard InChI is InChI=1S/C29H27N3O6/c1-5-37-28(34)20-7-11-23(12-8-20)31-27(33)21(18-30)16-19-6-15-26(25(17-19)32(35)36)38-24-13-9-22(10-14-24)29(2,3)4/h6-17H,5H2,1-4H3,(H,31,33)/b21-16+. The lowest BCUT2D eigenvalue weighted by Crippen LogP contribution is -2.13. The normalized spacial score (nSPS) is 11.3. The first-order valence-corrected chi connectivity index (χ1v) is 11.8. The van der Waals surface area contributed by atoms with Crippen LogP contribution in [0.4, 0.5) is 11.4 Å². The highest BCUT2D eigenvalue weighted by atomic mass is 16.6. The van der Waals surface area contributed by atoms with Crippen LogP contribution in [0.2, 0.25) is 0 Å². The Labute approximate surface area is 220 Å². The molecule has 3 rings (SSSR count). The molecular formula is C29H27N3O6. The third-order valence-electron chi connectivity index (χ3n) is 5.46. The van der Waals surface area contributed by atoms with Crippen molar-refractivity contribution in [2.24, 2.45) is 0 Å².